The summed E-state index contributed by atoms with van der Waals surface area (Å²) in [5.41, 5.74) is 1.67. The second-order valence-corrected chi connectivity index (χ2v) is 8.13. The van der Waals surface area contributed by atoms with Gasteiger partial charge in [-0.25, -0.2) is 22.3 Å². The number of halogens is 1. The van der Waals surface area contributed by atoms with Gasteiger partial charge in [-0.05, 0) is 37.2 Å². The van der Waals surface area contributed by atoms with E-state index < -0.39 is 39.8 Å². The van der Waals surface area contributed by atoms with E-state index in [1.54, 1.807) is 12.3 Å². The Bertz CT molecular complexity index is 1200. The Morgan fingerprint density at radius 3 is 2.62 bits per heavy atom. The van der Waals surface area contributed by atoms with Crippen LogP contribution in [0, 0.1) is 5.82 Å². The summed E-state index contributed by atoms with van der Waals surface area (Å²) in [7, 11) is -2.67. The van der Waals surface area contributed by atoms with Crippen molar-refractivity contribution < 1.29 is 27.1 Å². The molecule has 0 bridgehead atoms. The van der Waals surface area contributed by atoms with E-state index in [1.807, 2.05) is 19.1 Å². The highest BCUT2D eigenvalue weighted by Crippen LogP contribution is 2.23. The van der Waals surface area contributed by atoms with Crippen LogP contribution in [0.15, 0.2) is 47.5 Å². The fraction of sp³-hybridized carbons (Fsp3) is 0.200. The van der Waals surface area contributed by atoms with Crippen LogP contribution in [-0.2, 0) is 21.2 Å². The van der Waals surface area contributed by atoms with Gasteiger partial charge in [0.2, 0.25) is 15.8 Å². The van der Waals surface area contributed by atoms with Gasteiger partial charge in [0, 0.05) is 22.7 Å². The highest BCUT2D eigenvalue weighted by molar-refractivity contribution is 7.89. The molecule has 9 heteroatoms. The Balaban J connectivity index is 1.80. The molecule has 3 aromatic rings. The van der Waals surface area contributed by atoms with Crippen molar-refractivity contribution in [2.45, 2.75) is 18.2 Å². The van der Waals surface area contributed by atoms with Crippen molar-refractivity contribution in [1.82, 2.24) is 9.71 Å². The Morgan fingerprint density at radius 2 is 1.93 bits per heavy atom. The van der Waals surface area contributed by atoms with Gasteiger partial charge >= 0.3 is 5.97 Å². The molecule has 0 aliphatic carbocycles. The van der Waals surface area contributed by atoms with Crippen LogP contribution < -0.4 is 4.72 Å². The number of benzene rings is 2. The van der Waals surface area contributed by atoms with E-state index in [2.05, 4.69) is 9.71 Å². The SMILES string of the molecule is CCc1cccc2c(C(=O)COC(=O)c3cc(S(=O)(=O)NC)ccc3F)c[nH]c12. The third kappa shape index (κ3) is 4.06. The zero-order valence-corrected chi connectivity index (χ0v) is 16.6. The summed E-state index contributed by atoms with van der Waals surface area (Å²) in [6.45, 7) is 1.39. The molecule has 0 saturated carbocycles. The molecule has 2 N–H and O–H groups in total. The van der Waals surface area contributed by atoms with Crippen LogP contribution in [0.4, 0.5) is 4.39 Å². The minimum atomic E-state index is -3.86. The molecule has 0 aliphatic heterocycles. The summed E-state index contributed by atoms with van der Waals surface area (Å²) in [4.78, 5) is 27.5. The molecule has 1 heterocycles. The molecular formula is C20H19FN2O5S. The number of sulfonamides is 1. The molecule has 0 atom stereocenters. The van der Waals surface area contributed by atoms with Gasteiger partial charge in [0.25, 0.3) is 0 Å². The number of esters is 1. The Morgan fingerprint density at radius 1 is 1.17 bits per heavy atom. The monoisotopic (exact) mass is 418 g/mol. The first-order valence-electron chi connectivity index (χ1n) is 8.81. The molecule has 0 saturated heterocycles. The lowest BCUT2D eigenvalue weighted by atomic mass is 10.1. The van der Waals surface area contributed by atoms with E-state index in [-0.39, 0.29) is 4.90 Å². The maximum absolute atomic E-state index is 14.0. The van der Waals surface area contributed by atoms with Crippen molar-refractivity contribution >= 4 is 32.7 Å². The molecule has 1 aromatic heterocycles. The minimum absolute atomic E-state index is 0.289. The molecule has 3 rings (SSSR count). The third-order valence-corrected chi connectivity index (χ3v) is 5.97. The first kappa shape index (κ1) is 20.7. The second-order valence-electron chi connectivity index (χ2n) is 6.24. The number of ether oxygens (including phenoxy) is 1. The third-order valence-electron chi connectivity index (χ3n) is 4.55. The van der Waals surface area contributed by atoms with Crippen LogP contribution in [0.1, 0.15) is 33.2 Å². The van der Waals surface area contributed by atoms with Crippen molar-refractivity contribution in [2.24, 2.45) is 0 Å². The number of carbonyl (C=O) groups is 2. The number of aromatic amines is 1. The number of rotatable bonds is 7. The van der Waals surface area contributed by atoms with Crippen LogP contribution in [0.5, 0.6) is 0 Å². The van der Waals surface area contributed by atoms with Crippen LogP contribution >= 0.6 is 0 Å². The van der Waals surface area contributed by atoms with Crippen molar-refractivity contribution in [3.8, 4) is 0 Å². The molecule has 0 radical (unpaired) electrons. The van der Waals surface area contributed by atoms with Crippen LogP contribution in [-0.4, -0.2) is 38.8 Å². The molecule has 0 unspecified atom stereocenters. The lowest BCUT2D eigenvalue weighted by Gasteiger charge is -2.08. The molecule has 0 amide bonds. The number of fused-ring (bicyclic) bond motifs is 1. The van der Waals surface area contributed by atoms with Gasteiger partial charge in [-0.15, -0.1) is 0 Å². The summed E-state index contributed by atoms with van der Waals surface area (Å²) in [6, 6.07) is 8.32. The molecule has 7 nitrogen and oxygen atoms in total. The number of para-hydroxylation sites is 1. The van der Waals surface area contributed by atoms with Crippen LogP contribution in [0.3, 0.4) is 0 Å². The zero-order valence-electron chi connectivity index (χ0n) is 15.8. The van der Waals surface area contributed by atoms with Crippen molar-refractivity contribution in [3.63, 3.8) is 0 Å². The molecule has 152 valence electrons. The van der Waals surface area contributed by atoms with Gasteiger partial charge in [0.05, 0.1) is 10.5 Å². The average Bonchev–Trinajstić information content (AvgIpc) is 3.16. The van der Waals surface area contributed by atoms with Gasteiger partial charge in [0.1, 0.15) is 5.82 Å². The number of aromatic nitrogens is 1. The van der Waals surface area contributed by atoms with E-state index in [0.29, 0.717) is 10.9 Å². The van der Waals surface area contributed by atoms with Gasteiger partial charge in [-0.3, -0.25) is 4.79 Å². The number of nitrogens with one attached hydrogen (secondary N) is 2. The molecule has 0 aliphatic rings. The van der Waals surface area contributed by atoms with Crippen LogP contribution in [0.25, 0.3) is 10.9 Å². The van der Waals surface area contributed by atoms with E-state index in [4.69, 9.17) is 4.74 Å². The van der Waals surface area contributed by atoms with E-state index in [0.717, 1.165) is 35.7 Å². The molecule has 2 aromatic carbocycles. The summed E-state index contributed by atoms with van der Waals surface area (Å²) in [6.07, 6.45) is 2.33. The predicted molar refractivity (Wildman–Crippen MR) is 105 cm³/mol. The van der Waals surface area contributed by atoms with Crippen molar-refractivity contribution in [1.29, 1.82) is 0 Å². The Labute approximate surface area is 166 Å². The Kier molecular flexibility index (Phi) is 5.81. The first-order chi connectivity index (χ1) is 13.8. The number of carbonyl (C=O) groups excluding carboxylic acids is 2. The quantitative estimate of drug-likeness (QED) is 0.453. The fourth-order valence-electron chi connectivity index (χ4n) is 2.97. The number of H-pyrrole nitrogens is 1. The summed E-state index contributed by atoms with van der Waals surface area (Å²) in [5.74, 6) is -2.53. The second kappa shape index (κ2) is 8.14. The van der Waals surface area contributed by atoms with E-state index >= 15 is 0 Å². The highest BCUT2D eigenvalue weighted by Gasteiger charge is 2.21. The molecule has 29 heavy (non-hydrogen) atoms. The maximum Gasteiger partial charge on any atom is 0.341 e. The summed E-state index contributed by atoms with van der Waals surface area (Å²) < 4.78 is 44.7. The molecule has 0 fully saturated rings. The van der Waals surface area contributed by atoms with Crippen LogP contribution in [0.2, 0.25) is 0 Å². The number of Topliss-reactive ketones (excluding diaryl/α,β-unsaturated/α-hetero) is 1. The normalized spacial score (nSPS) is 11.6. The molecule has 0 spiro atoms. The lowest BCUT2D eigenvalue weighted by Crippen LogP contribution is -2.20. The van der Waals surface area contributed by atoms with Crippen molar-refractivity contribution in [2.75, 3.05) is 13.7 Å². The van der Waals surface area contributed by atoms with Gasteiger partial charge < -0.3 is 9.72 Å². The molecular weight excluding hydrogens is 399 g/mol. The smallest absolute Gasteiger partial charge is 0.341 e. The van der Waals surface area contributed by atoms with Gasteiger partial charge in [-0.1, -0.05) is 25.1 Å². The summed E-state index contributed by atoms with van der Waals surface area (Å²) >= 11 is 0. The highest BCUT2D eigenvalue weighted by atomic mass is 32.2. The van der Waals surface area contributed by atoms with E-state index in [1.165, 1.54) is 7.05 Å². The fourth-order valence-corrected chi connectivity index (χ4v) is 3.73. The lowest BCUT2D eigenvalue weighted by molar-refractivity contribution is 0.0470. The number of ketones is 1. The topological polar surface area (TPSA) is 105 Å². The van der Waals surface area contributed by atoms with E-state index in [9.17, 15) is 22.4 Å². The zero-order chi connectivity index (χ0) is 21.2. The number of hydrogen-bond acceptors (Lipinski definition) is 5. The maximum atomic E-state index is 14.0. The van der Waals surface area contributed by atoms with Gasteiger partial charge in [0.15, 0.2) is 6.61 Å². The minimum Gasteiger partial charge on any atom is -0.454 e. The number of hydrogen-bond donors (Lipinski definition) is 2. The predicted octanol–water partition coefficient (Wildman–Crippen LogP) is 2.82. The first-order valence-corrected chi connectivity index (χ1v) is 10.3. The van der Waals surface area contributed by atoms with Gasteiger partial charge in [-0.2, -0.15) is 0 Å². The number of aryl methyl sites for hydroxylation is 1. The standard InChI is InChI=1S/C20H19FN2O5S/c1-3-12-5-4-6-14-16(10-23-19(12)14)18(24)11-28-20(25)15-9-13(7-8-17(15)21)29(26,27)22-2/h4-10,22-23H,3,11H2,1-2H3. The van der Waals surface area contributed by atoms with Crippen molar-refractivity contribution in [3.05, 3.63) is 65.1 Å². The Hall–Kier alpha value is -3.04. The summed E-state index contributed by atoms with van der Waals surface area (Å²) in [5, 5.41) is 0.707. The largest absolute Gasteiger partial charge is 0.454 e. The average molecular weight is 418 g/mol.